The quantitative estimate of drug-likeness (QED) is 0.759. The first-order valence-electron chi connectivity index (χ1n) is 9.53. The number of nitrogens with one attached hydrogen (secondary N) is 1. The molecule has 1 saturated heterocycles. The van der Waals surface area contributed by atoms with Crippen LogP contribution in [-0.2, 0) is 0 Å². The van der Waals surface area contributed by atoms with Gasteiger partial charge in [-0.25, -0.2) is 0 Å². The third kappa shape index (κ3) is 2.33. The molecule has 1 unspecified atom stereocenters. The van der Waals surface area contributed by atoms with Crippen molar-refractivity contribution < 1.29 is 0 Å². The average molecular weight is 331 g/mol. The monoisotopic (exact) mass is 330 g/mol. The molecule has 24 heavy (non-hydrogen) atoms. The van der Waals surface area contributed by atoms with E-state index in [1.807, 2.05) is 0 Å². The lowest BCUT2D eigenvalue weighted by Crippen LogP contribution is -2.50. The summed E-state index contributed by atoms with van der Waals surface area (Å²) in [5.74, 6) is -0.189. The third-order valence-corrected chi connectivity index (χ3v) is 5.13. The van der Waals surface area contributed by atoms with Gasteiger partial charge >= 0.3 is 0 Å². The van der Waals surface area contributed by atoms with Gasteiger partial charge in [0.1, 0.15) is 5.70 Å². The molecule has 0 amide bonds. The highest BCUT2D eigenvalue weighted by molar-refractivity contribution is 5.51. The van der Waals surface area contributed by atoms with Gasteiger partial charge in [-0.3, -0.25) is 4.90 Å². The molecule has 3 aliphatic rings. The number of hydrogen-bond donors (Lipinski definition) is 1. The minimum absolute atomic E-state index is 0.0986. The number of allylic oxidation sites excluding steroid dienone is 2. The van der Waals surface area contributed by atoms with Crippen LogP contribution in [0.3, 0.4) is 0 Å². The van der Waals surface area contributed by atoms with Crippen molar-refractivity contribution in [1.29, 1.82) is 0 Å². The fourth-order valence-electron chi connectivity index (χ4n) is 4.14. The summed E-state index contributed by atoms with van der Waals surface area (Å²) in [5, 5.41) is 3.70. The summed E-state index contributed by atoms with van der Waals surface area (Å²) in [5.41, 5.74) is 4.32. The molecule has 3 heterocycles. The number of unbranched alkanes of at least 4 members (excludes halogenated alkanes) is 1. The molecule has 1 fully saturated rings. The smallest absolute Gasteiger partial charge is 0.236 e. The van der Waals surface area contributed by atoms with E-state index in [9.17, 15) is 0 Å². The Balaban J connectivity index is 1.98. The van der Waals surface area contributed by atoms with Crippen LogP contribution in [-0.4, -0.2) is 32.6 Å². The van der Waals surface area contributed by atoms with Gasteiger partial charge in [0.05, 0.1) is 0 Å². The summed E-state index contributed by atoms with van der Waals surface area (Å²) < 4.78 is 0. The minimum Gasteiger partial charge on any atom is -0.345 e. The molecular formula is C20H34N4. The molecule has 0 aliphatic carbocycles. The maximum Gasteiger partial charge on any atom is 0.236 e. The highest BCUT2D eigenvalue weighted by Gasteiger charge is 2.71. The summed E-state index contributed by atoms with van der Waals surface area (Å²) in [6.45, 7) is 21.9. The van der Waals surface area contributed by atoms with Crippen molar-refractivity contribution in [2.45, 2.75) is 92.5 Å². The van der Waals surface area contributed by atoms with Crippen LogP contribution in [0, 0.1) is 12.1 Å². The molecule has 0 bridgehead atoms. The Hall–Kier alpha value is -1.32. The van der Waals surface area contributed by atoms with Gasteiger partial charge in [0.25, 0.3) is 0 Å². The van der Waals surface area contributed by atoms with Gasteiger partial charge in [-0.05, 0) is 40.5 Å². The normalized spacial score (nSPS) is 26.1. The van der Waals surface area contributed by atoms with Crippen molar-refractivity contribution >= 4 is 0 Å². The molecule has 4 nitrogen and oxygen atoms in total. The van der Waals surface area contributed by atoms with E-state index >= 15 is 0 Å². The molecule has 3 aliphatic heterocycles. The van der Waals surface area contributed by atoms with E-state index in [-0.39, 0.29) is 11.2 Å². The Morgan fingerprint density at radius 1 is 1.17 bits per heavy atom. The molecule has 0 aromatic heterocycles. The molecule has 3 rings (SSSR count). The first-order valence-corrected chi connectivity index (χ1v) is 9.53. The van der Waals surface area contributed by atoms with Crippen molar-refractivity contribution in [1.82, 2.24) is 20.0 Å². The largest absolute Gasteiger partial charge is 0.345 e. The van der Waals surface area contributed by atoms with Crippen LogP contribution in [0.25, 0.3) is 0 Å². The highest BCUT2D eigenvalue weighted by Crippen LogP contribution is 2.61. The second-order valence-corrected chi connectivity index (χ2v) is 8.87. The second kappa shape index (κ2) is 5.60. The molecular weight excluding hydrogens is 296 g/mol. The zero-order valence-electron chi connectivity index (χ0n) is 16.7. The van der Waals surface area contributed by atoms with Crippen LogP contribution in [0.15, 0.2) is 23.3 Å². The van der Waals surface area contributed by atoms with Gasteiger partial charge in [0.15, 0.2) is 0 Å². The predicted molar refractivity (Wildman–Crippen MR) is 99.0 cm³/mol. The van der Waals surface area contributed by atoms with E-state index < -0.39 is 0 Å². The highest BCUT2D eigenvalue weighted by atomic mass is 15.7. The maximum atomic E-state index is 3.70. The number of hydrogen-bond acceptors (Lipinski definition) is 4. The summed E-state index contributed by atoms with van der Waals surface area (Å²) >= 11 is 0. The third-order valence-electron chi connectivity index (χ3n) is 5.13. The van der Waals surface area contributed by atoms with Crippen LogP contribution in [0.5, 0.6) is 0 Å². The second-order valence-electron chi connectivity index (χ2n) is 8.87. The summed E-state index contributed by atoms with van der Waals surface area (Å²) in [4.78, 5) is 7.21. The zero-order valence-corrected chi connectivity index (χ0v) is 16.7. The Kier molecular flexibility index (Phi) is 4.09. The van der Waals surface area contributed by atoms with Gasteiger partial charge in [0.2, 0.25) is 12.5 Å². The van der Waals surface area contributed by atoms with Gasteiger partial charge in [-0.15, -0.1) is 0 Å². The van der Waals surface area contributed by atoms with E-state index in [2.05, 4.69) is 88.3 Å². The lowest BCUT2D eigenvalue weighted by Gasteiger charge is -2.39. The Labute approximate surface area is 148 Å². The summed E-state index contributed by atoms with van der Waals surface area (Å²) in [6, 6.07) is 0.884. The van der Waals surface area contributed by atoms with E-state index in [4.69, 9.17) is 0 Å². The number of rotatable bonds is 5. The fourth-order valence-corrected chi connectivity index (χ4v) is 4.14. The SMILES string of the molecule is CCCCC1=CNC2(C3=C(C(C)(C)C)N(C(C)C)[C]N32)N1C(C)C. The van der Waals surface area contributed by atoms with E-state index in [0.29, 0.717) is 12.1 Å². The Bertz CT molecular complexity index is 567. The first kappa shape index (κ1) is 17.5. The predicted octanol–water partition coefficient (Wildman–Crippen LogP) is 4.28. The van der Waals surface area contributed by atoms with Crippen LogP contribution in [0.2, 0.25) is 0 Å². The molecule has 0 saturated carbocycles. The van der Waals surface area contributed by atoms with Crippen LogP contribution < -0.4 is 5.32 Å². The molecule has 1 atom stereocenters. The van der Waals surface area contributed by atoms with Crippen LogP contribution in [0.1, 0.15) is 74.7 Å². The van der Waals surface area contributed by atoms with E-state index in [1.54, 1.807) is 0 Å². The molecule has 1 spiro atoms. The summed E-state index contributed by atoms with van der Waals surface area (Å²) in [6.07, 6.45) is 5.85. The lowest BCUT2D eigenvalue weighted by molar-refractivity contribution is 0.114. The molecule has 2 radical (unpaired) electrons. The van der Waals surface area contributed by atoms with Gasteiger partial charge < -0.3 is 15.1 Å². The van der Waals surface area contributed by atoms with Gasteiger partial charge in [-0.2, -0.15) is 0 Å². The van der Waals surface area contributed by atoms with Gasteiger partial charge in [0, 0.05) is 35.1 Å². The minimum atomic E-state index is -0.189. The van der Waals surface area contributed by atoms with E-state index in [0.717, 1.165) is 6.42 Å². The van der Waals surface area contributed by atoms with Crippen molar-refractivity contribution in [2.75, 3.05) is 0 Å². The van der Waals surface area contributed by atoms with Crippen molar-refractivity contribution in [3.05, 3.63) is 30.0 Å². The Morgan fingerprint density at radius 3 is 2.33 bits per heavy atom. The van der Waals surface area contributed by atoms with Crippen LogP contribution in [0.4, 0.5) is 0 Å². The number of fused-ring (bicyclic) bond motifs is 3. The van der Waals surface area contributed by atoms with Gasteiger partial charge in [-0.1, -0.05) is 34.1 Å². The first-order chi connectivity index (χ1) is 11.2. The Morgan fingerprint density at radius 2 is 1.83 bits per heavy atom. The maximum absolute atomic E-state index is 3.70. The summed E-state index contributed by atoms with van der Waals surface area (Å²) in [7, 11) is 0. The fraction of sp³-hybridized carbons (Fsp3) is 0.750. The van der Waals surface area contributed by atoms with Crippen molar-refractivity contribution in [3.63, 3.8) is 0 Å². The van der Waals surface area contributed by atoms with Crippen molar-refractivity contribution in [3.8, 4) is 0 Å². The molecule has 0 aromatic rings. The van der Waals surface area contributed by atoms with Crippen LogP contribution >= 0.6 is 0 Å². The molecule has 134 valence electrons. The van der Waals surface area contributed by atoms with Crippen molar-refractivity contribution in [2.24, 2.45) is 5.41 Å². The average Bonchev–Trinajstić information content (AvgIpc) is 2.82. The standard InChI is InChI=1S/C20H34N4/c1-9-10-11-16-12-21-20(24(16)15(4)5)18-17(19(6,7)8)22(14(2)3)13-23(18)20/h12,14-15,21H,9-11H2,1-8H3. The molecule has 0 aromatic carbocycles. The molecule has 4 heteroatoms. The number of nitrogens with zero attached hydrogens (tertiary/aromatic N) is 3. The van der Waals surface area contributed by atoms with E-state index in [1.165, 1.54) is 29.9 Å². The topological polar surface area (TPSA) is 21.5 Å². The lowest BCUT2D eigenvalue weighted by atomic mass is 9.89. The molecule has 1 N–H and O–H groups in total. The zero-order chi connectivity index (χ0) is 17.9.